The van der Waals surface area contributed by atoms with Crippen molar-refractivity contribution in [2.45, 2.75) is 52.9 Å². The lowest BCUT2D eigenvalue weighted by molar-refractivity contribution is -0.136. The molecule has 0 radical (unpaired) electrons. The normalized spacial score (nSPS) is 22.9. The third-order valence-corrected chi connectivity index (χ3v) is 5.78. The molecule has 1 fully saturated rings. The summed E-state index contributed by atoms with van der Waals surface area (Å²) in [5.74, 6) is -0.0531. The molecular formula is C24H31NO5. The Morgan fingerprint density at radius 2 is 1.90 bits per heavy atom. The number of fused-ring (bicyclic) bond motifs is 1. The molecule has 6 heteroatoms. The second-order valence-corrected chi connectivity index (χ2v) is 8.79. The van der Waals surface area contributed by atoms with Crippen LogP contribution in [0.2, 0.25) is 0 Å². The number of ether oxygens (including phenoxy) is 3. The van der Waals surface area contributed by atoms with Gasteiger partial charge in [-0.3, -0.25) is 9.79 Å². The minimum Gasteiger partial charge on any atom is -0.493 e. The molecule has 2 atom stereocenters. The van der Waals surface area contributed by atoms with E-state index in [2.05, 4.69) is 13.8 Å². The highest BCUT2D eigenvalue weighted by atomic mass is 16.5. The molecule has 0 spiro atoms. The molecule has 1 aliphatic heterocycles. The van der Waals surface area contributed by atoms with E-state index in [-0.39, 0.29) is 11.2 Å². The molecule has 1 aromatic rings. The second-order valence-electron chi connectivity index (χ2n) is 8.79. The zero-order valence-electron chi connectivity index (χ0n) is 18.7. The SMILES string of the molecule is CCCOc1ccc([C@H]2C(C(=O)OC)=C(C)N=C3CC(C)(C)CC(=O)C32)cc1OC. The van der Waals surface area contributed by atoms with Gasteiger partial charge in [-0.1, -0.05) is 26.8 Å². The van der Waals surface area contributed by atoms with E-state index in [1.54, 1.807) is 7.11 Å². The van der Waals surface area contributed by atoms with Crippen LogP contribution in [-0.2, 0) is 14.3 Å². The second kappa shape index (κ2) is 8.62. The number of ketones is 1. The summed E-state index contributed by atoms with van der Waals surface area (Å²) in [6.45, 7) is 8.59. The maximum absolute atomic E-state index is 13.2. The van der Waals surface area contributed by atoms with Crippen LogP contribution >= 0.6 is 0 Å². The first kappa shape index (κ1) is 22.1. The molecule has 1 saturated carbocycles. The molecular weight excluding hydrogens is 382 g/mol. The molecule has 1 aromatic carbocycles. The Morgan fingerprint density at radius 1 is 1.17 bits per heavy atom. The lowest BCUT2D eigenvalue weighted by Gasteiger charge is -2.41. The molecule has 1 heterocycles. The van der Waals surface area contributed by atoms with Crippen molar-refractivity contribution in [2.24, 2.45) is 16.3 Å². The van der Waals surface area contributed by atoms with Crippen LogP contribution in [0.1, 0.15) is 58.4 Å². The molecule has 0 amide bonds. The number of rotatable bonds is 6. The quantitative estimate of drug-likeness (QED) is 0.643. The average molecular weight is 414 g/mol. The topological polar surface area (TPSA) is 74.2 Å². The minimum atomic E-state index is -0.469. The molecule has 0 N–H and O–H groups in total. The summed E-state index contributed by atoms with van der Waals surface area (Å²) in [6, 6.07) is 5.61. The van der Waals surface area contributed by atoms with E-state index in [0.717, 1.165) is 24.1 Å². The molecule has 6 nitrogen and oxygen atoms in total. The fourth-order valence-electron chi connectivity index (χ4n) is 4.54. The first-order valence-electron chi connectivity index (χ1n) is 10.4. The van der Waals surface area contributed by atoms with Crippen LogP contribution in [0.25, 0.3) is 0 Å². The van der Waals surface area contributed by atoms with Gasteiger partial charge in [0.15, 0.2) is 11.5 Å². The van der Waals surface area contributed by atoms with Crippen molar-refractivity contribution in [1.82, 2.24) is 0 Å². The van der Waals surface area contributed by atoms with Crippen molar-refractivity contribution in [3.05, 3.63) is 35.0 Å². The predicted molar refractivity (Wildman–Crippen MR) is 115 cm³/mol. The number of allylic oxidation sites excluding steroid dienone is 1. The molecule has 0 saturated heterocycles. The van der Waals surface area contributed by atoms with Crippen LogP contribution in [-0.4, -0.2) is 38.3 Å². The zero-order chi connectivity index (χ0) is 22.1. The van der Waals surface area contributed by atoms with E-state index in [1.165, 1.54) is 7.11 Å². The van der Waals surface area contributed by atoms with Crippen molar-refractivity contribution in [2.75, 3.05) is 20.8 Å². The van der Waals surface area contributed by atoms with E-state index in [9.17, 15) is 9.59 Å². The highest BCUT2D eigenvalue weighted by molar-refractivity contribution is 6.12. The van der Waals surface area contributed by atoms with Gasteiger partial charge in [0, 0.05) is 23.7 Å². The Morgan fingerprint density at radius 3 is 2.53 bits per heavy atom. The summed E-state index contributed by atoms with van der Waals surface area (Å²) in [4.78, 5) is 30.7. The number of carbonyl (C=O) groups is 2. The van der Waals surface area contributed by atoms with Gasteiger partial charge in [0.25, 0.3) is 0 Å². The Kier molecular flexibility index (Phi) is 6.34. The Hall–Kier alpha value is -2.63. The van der Waals surface area contributed by atoms with Crippen molar-refractivity contribution >= 4 is 17.5 Å². The summed E-state index contributed by atoms with van der Waals surface area (Å²) in [7, 11) is 2.94. The lowest BCUT2D eigenvalue weighted by Crippen LogP contribution is -2.44. The third kappa shape index (κ3) is 4.13. The maximum Gasteiger partial charge on any atom is 0.336 e. The molecule has 0 aromatic heterocycles. The van der Waals surface area contributed by atoms with E-state index in [1.807, 2.05) is 32.0 Å². The van der Waals surface area contributed by atoms with Gasteiger partial charge < -0.3 is 14.2 Å². The van der Waals surface area contributed by atoms with Gasteiger partial charge in [0.1, 0.15) is 5.78 Å². The van der Waals surface area contributed by atoms with Crippen molar-refractivity contribution in [3.8, 4) is 11.5 Å². The highest BCUT2D eigenvalue weighted by Gasteiger charge is 2.47. The van der Waals surface area contributed by atoms with Crippen molar-refractivity contribution in [3.63, 3.8) is 0 Å². The van der Waals surface area contributed by atoms with Crippen molar-refractivity contribution in [1.29, 1.82) is 0 Å². The van der Waals surface area contributed by atoms with E-state index in [0.29, 0.717) is 35.8 Å². The minimum absolute atomic E-state index is 0.106. The van der Waals surface area contributed by atoms with Gasteiger partial charge in [-0.25, -0.2) is 4.79 Å². The van der Waals surface area contributed by atoms with Crippen molar-refractivity contribution < 1.29 is 23.8 Å². The zero-order valence-corrected chi connectivity index (χ0v) is 18.7. The lowest BCUT2D eigenvalue weighted by atomic mass is 9.63. The van der Waals surface area contributed by atoms with Crippen LogP contribution < -0.4 is 9.47 Å². The van der Waals surface area contributed by atoms with Crippen LogP contribution in [0.4, 0.5) is 0 Å². The number of benzene rings is 1. The van der Waals surface area contributed by atoms with Gasteiger partial charge in [-0.15, -0.1) is 0 Å². The Labute approximate surface area is 178 Å². The maximum atomic E-state index is 13.2. The summed E-state index contributed by atoms with van der Waals surface area (Å²) in [5.41, 5.74) is 2.56. The Bertz CT molecular complexity index is 912. The number of hydrogen-bond acceptors (Lipinski definition) is 6. The number of nitrogens with zero attached hydrogens (tertiary/aromatic N) is 1. The van der Waals surface area contributed by atoms with Gasteiger partial charge in [-0.05, 0) is 42.9 Å². The number of Topliss-reactive ketones (excluding diaryl/α,β-unsaturated/α-hetero) is 1. The standard InChI is InChI=1S/C24H31NO5/c1-7-10-30-18-9-8-15(11-19(18)28-5)21-20(23(27)29-6)14(2)25-16-12-24(3,4)13-17(26)22(16)21/h8-9,11,21-22H,7,10,12-13H2,1-6H3/t21-,22?/m0/s1. The molecule has 162 valence electrons. The molecule has 30 heavy (non-hydrogen) atoms. The monoisotopic (exact) mass is 413 g/mol. The fraction of sp³-hybridized carbons (Fsp3) is 0.542. The van der Waals surface area contributed by atoms with Gasteiger partial charge in [0.2, 0.25) is 0 Å². The van der Waals surface area contributed by atoms with Crippen LogP contribution in [0.3, 0.4) is 0 Å². The van der Waals surface area contributed by atoms with E-state index < -0.39 is 17.8 Å². The third-order valence-electron chi connectivity index (χ3n) is 5.78. The molecule has 1 unspecified atom stereocenters. The summed E-state index contributed by atoms with van der Waals surface area (Å²) >= 11 is 0. The molecule has 0 bridgehead atoms. The summed E-state index contributed by atoms with van der Waals surface area (Å²) in [5, 5.41) is 0. The molecule has 1 aliphatic carbocycles. The number of methoxy groups -OCH3 is 2. The molecule has 2 aliphatic rings. The number of esters is 1. The van der Waals surface area contributed by atoms with E-state index in [4.69, 9.17) is 19.2 Å². The largest absolute Gasteiger partial charge is 0.493 e. The van der Waals surface area contributed by atoms with Gasteiger partial charge in [-0.2, -0.15) is 0 Å². The number of aliphatic imine (C=N–C) groups is 1. The van der Waals surface area contributed by atoms with E-state index >= 15 is 0 Å². The fourth-order valence-corrected chi connectivity index (χ4v) is 4.54. The molecule has 3 rings (SSSR count). The smallest absolute Gasteiger partial charge is 0.336 e. The summed E-state index contributed by atoms with van der Waals surface area (Å²) < 4.78 is 16.4. The average Bonchev–Trinajstić information content (AvgIpc) is 2.69. The van der Waals surface area contributed by atoms with Gasteiger partial charge in [0.05, 0.1) is 32.3 Å². The number of hydrogen-bond donors (Lipinski definition) is 0. The Balaban J connectivity index is 2.13. The number of carbonyl (C=O) groups excluding carboxylic acids is 2. The van der Waals surface area contributed by atoms with Crippen LogP contribution in [0.15, 0.2) is 34.5 Å². The summed E-state index contributed by atoms with van der Waals surface area (Å²) in [6.07, 6.45) is 2.06. The highest BCUT2D eigenvalue weighted by Crippen LogP contribution is 2.48. The van der Waals surface area contributed by atoms with Gasteiger partial charge >= 0.3 is 5.97 Å². The predicted octanol–water partition coefficient (Wildman–Crippen LogP) is 4.47. The van der Waals surface area contributed by atoms with Crippen LogP contribution in [0.5, 0.6) is 11.5 Å². The first-order valence-corrected chi connectivity index (χ1v) is 10.4. The first-order chi connectivity index (χ1) is 14.2. The van der Waals surface area contributed by atoms with Crippen LogP contribution in [0, 0.1) is 11.3 Å².